The van der Waals surface area contributed by atoms with E-state index in [0.29, 0.717) is 13.0 Å². The van der Waals surface area contributed by atoms with Crippen molar-refractivity contribution < 1.29 is 14.6 Å². The Morgan fingerprint density at radius 1 is 0.486 bits per heavy atom. The Bertz CT molecular complexity index is 408. The number of hydrogen-bond donors (Lipinski definition) is 0. The first kappa shape index (κ1) is 34.4. The first-order chi connectivity index (χ1) is 17.2. The van der Waals surface area contributed by atoms with Crippen molar-refractivity contribution in [1.29, 1.82) is 0 Å². The van der Waals surface area contributed by atoms with Gasteiger partial charge in [0.15, 0.2) is 0 Å². The van der Waals surface area contributed by atoms with Crippen molar-refractivity contribution in [1.82, 2.24) is 4.90 Å². The lowest BCUT2D eigenvalue weighted by Crippen LogP contribution is -2.27. The third-order valence-electron chi connectivity index (χ3n) is 6.99. The standard InChI is InChI=1S/C31H63NO3/c1-4-7-10-11-12-13-14-15-16-17-18-19-20-21-22-25-30-34-35-31(33)26-23-24-29-32(27-8-5-2)28-9-6-3/h4-30H2,1-3H3. The number of carbonyl (C=O) groups excluding carboxylic acids is 1. The summed E-state index contributed by atoms with van der Waals surface area (Å²) in [5.41, 5.74) is 0. The summed E-state index contributed by atoms with van der Waals surface area (Å²) in [5.74, 6) is -0.213. The minimum atomic E-state index is -0.213. The smallest absolute Gasteiger partial charge is 0.303 e. The molecule has 210 valence electrons. The van der Waals surface area contributed by atoms with Crippen molar-refractivity contribution in [3.63, 3.8) is 0 Å². The van der Waals surface area contributed by atoms with Gasteiger partial charge in [-0.3, -0.25) is 4.89 Å². The SMILES string of the molecule is CCCCCCCCCCCCCCCCCCOOC(=O)CCCCN(CCCC)CCCC. The molecule has 0 saturated carbocycles. The van der Waals surface area contributed by atoms with E-state index in [9.17, 15) is 4.79 Å². The van der Waals surface area contributed by atoms with E-state index in [1.807, 2.05) is 0 Å². The van der Waals surface area contributed by atoms with E-state index in [1.54, 1.807) is 0 Å². The van der Waals surface area contributed by atoms with Crippen molar-refractivity contribution in [2.45, 2.75) is 168 Å². The summed E-state index contributed by atoms with van der Waals surface area (Å²) in [6.45, 7) is 10.8. The van der Waals surface area contributed by atoms with Gasteiger partial charge in [0.25, 0.3) is 0 Å². The zero-order valence-corrected chi connectivity index (χ0v) is 24.3. The lowest BCUT2D eigenvalue weighted by atomic mass is 10.0. The molecule has 0 N–H and O–H groups in total. The average molecular weight is 498 g/mol. The molecule has 35 heavy (non-hydrogen) atoms. The van der Waals surface area contributed by atoms with E-state index in [1.165, 1.54) is 135 Å². The van der Waals surface area contributed by atoms with Crippen molar-refractivity contribution in [2.75, 3.05) is 26.2 Å². The van der Waals surface area contributed by atoms with Gasteiger partial charge in [-0.1, -0.05) is 130 Å². The highest BCUT2D eigenvalue weighted by Crippen LogP contribution is 2.14. The van der Waals surface area contributed by atoms with Crippen LogP contribution in [0.4, 0.5) is 0 Å². The van der Waals surface area contributed by atoms with Gasteiger partial charge < -0.3 is 4.90 Å². The van der Waals surface area contributed by atoms with Gasteiger partial charge >= 0.3 is 5.97 Å². The monoisotopic (exact) mass is 497 g/mol. The zero-order valence-electron chi connectivity index (χ0n) is 24.3. The van der Waals surface area contributed by atoms with Gasteiger partial charge in [-0.2, -0.15) is 4.89 Å². The molecule has 0 aromatic rings. The quantitative estimate of drug-likeness (QED) is 0.0585. The molecule has 0 saturated heterocycles. The van der Waals surface area contributed by atoms with Crippen LogP contribution in [0.5, 0.6) is 0 Å². The highest BCUT2D eigenvalue weighted by Gasteiger charge is 2.07. The number of rotatable bonds is 29. The summed E-state index contributed by atoms with van der Waals surface area (Å²) in [7, 11) is 0. The molecule has 0 radical (unpaired) electrons. The second-order valence-corrected chi connectivity index (χ2v) is 10.6. The second-order valence-electron chi connectivity index (χ2n) is 10.6. The van der Waals surface area contributed by atoms with Crippen LogP contribution in [0.25, 0.3) is 0 Å². The molecule has 4 heteroatoms. The summed E-state index contributed by atoms with van der Waals surface area (Å²) >= 11 is 0. The summed E-state index contributed by atoms with van der Waals surface area (Å²) in [6, 6.07) is 0. The Morgan fingerprint density at radius 3 is 1.34 bits per heavy atom. The number of carbonyl (C=O) groups is 1. The molecule has 4 nitrogen and oxygen atoms in total. The van der Waals surface area contributed by atoms with Crippen LogP contribution >= 0.6 is 0 Å². The van der Waals surface area contributed by atoms with Gasteiger partial charge in [0, 0.05) is 6.42 Å². The Kier molecular flexibility index (Phi) is 29.1. The van der Waals surface area contributed by atoms with Crippen LogP contribution in [-0.2, 0) is 14.6 Å². The van der Waals surface area contributed by atoms with Crippen LogP contribution in [0.1, 0.15) is 168 Å². The number of unbranched alkanes of at least 4 members (excludes halogenated alkanes) is 18. The molecular formula is C31H63NO3. The highest BCUT2D eigenvalue weighted by atomic mass is 17.2. The van der Waals surface area contributed by atoms with Gasteiger partial charge in [0.05, 0.1) is 6.61 Å². The van der Waals surface area contributed by atoms with E-state index >= 15 is 0 Å². The molecule has 0 rings (SSSR count). The van der Waals surface area contributed by atoms with Crippen LogP contribution in [0.15, 0.2) is 0 Å². The zero-order chi connectivity index (χ0) is 25.7. The van der Waals surface area contributed by atoms with Gasteiger partial charge in [0.1, 0.15) is 0 Å². The topological polar surface area (TPSA) is 38.8 Å². The van der Waals surface area contributed by atoms with E-state index < -0.39 is 0 Å². The van der Waals surface area contributed by atoms with Crippen molar-refractivity contribution >= 4 is 5.97 Å². The molecule has 0 aromatic carbocycles. The predicted molar refractivity (Wildman–Crippen MR) is 152 cm³/mol. The number of hydrogen-bond acceptors (Lipinski definition) is 4. The fourth-order valence-electron chi connectivity index (χ4n) is 4.56. The normalized spacial score (nSPS) is 11.4. The van der Waals surface area contributed by atoms with Crippen LogP contribution in [0.3, 0.4) is 0 Å². The molecule has 0 amide bonds. The third kappa shape index (κ3) is 27.8. The van der Waals surface area contributed by atoms with Crippen LogP contribution in [-0.4, -0.2) is 37.1 Å². The maximum Gasteiger partial charge on any atom is 0.342 e. The second kappa shape index (κ2) is 29.6. The van der Waals surface area contributed by atoms with E-state index in [4.69, 9.17) is 9.78 Å². The molecule has 0 aromatic heterocycles. The van der Waals surface area contributed by atoms with Crippen molar-refractivity contribution in [3.8, 4) is 0 Å². The van der Waals surface area contributed by atoms with Crippen LogP contribution < -0.4 is 0 Å². The molecule has 0 aliphatic rings. The first-order valence-corrected chi connectivity index (χ1v) is 15.8. The summed E-state index contributed by atoms with van der Waals surface area (Å²) in [4.78, 5) is 24.5. The van der Waals surface area contributed by atoms with E-state index in [0.717, 1.165) is 25.8 Å². The Morgan fingerprint density at radius 2 is 0.886 bits per heavy atom. The van der Waals surface area contributed by atoms with Crippen LogP contribution in [0.2, 0.25) is 0 Å². The molecule has 0 spiro atoms. The van der Waals surface area contributed by atoms with Crippen LogP contribution in [0, 0.1) is 0 Å². The third-order valence-corrected chi connectivity index (χ3v) is 6.99. The van der Waals surface area contributed by atoms with Gasteiger partial charge in [-0.15, -0.1) is 0 Å². The fraction of sp³-hybridized carbons (Fsp3) is 0.968. The minimum absolute atomic E-state index is 0.213. The van der Waals surface area contributed by atoms with Crippen molar-refractivity contribution in [2.24, 2.45) is 0 Å². The minimum Gasteiger partial charge on any atom is -0.303 e. The molecule has 0 atom stereocenters. The largest absolute Gasteiger partial charge is 0.342 e. The number of nitrogens with zero attached hydrogens (tertiary/aromatic N) is 1. The molecule has 0 aliphatic heterocycles. The van der Waals surface area contributed by atoms with Gasteiger partial charge in [-0.25, -0.2) is 4.79 Å². The molecular weight excluding hydrogens is 434 g/mol. The lowest BCUT2D eigenvalue weighted by Gasteiger charge is -2.21. The predicted octanol–water partition coefficient (Wildman–Crippen LogP) is 9.80. The fourth-order valence-corrected chi connectivity index (χ4v) is 4.56. The molecule has 0 bridgehead atoms. The summed E-state index contributed by atoms with van der Waals surface area (Å²) in [5, 5.41) is 0. The molecule has 0 unspecified atom stereocenters. The van der Waals surface area contributed by atoms with E-state index in [2.05, 4.69) is 25.7 Å². The lowest BCUT2D eigenvalue weighted by molar-refractivity contribution is -0.272. The molecule has 0 aliphatic carbocycles. The van der Waals surface area contributed by atoms with E-state index in [-0.39, 0.29) is 5.97 Å². The average Bonchev–Trinajstić information content (AvgIpc) is 2.87. The van der Waals surface area contributed by atoms with Crippen molar-refractivity contribution in [3.05, 3.63) is 0 Å². The Hall–Kier alpha value is -0.610. The van der Waals surface area contributed by atoms with Gasteiger partial charge in [0.2, 0.25) is 0 Å². The Labute approximate surface area is 220 Å². The Balaban J connectivity index is 3.32. The molecule has 0 fully saturated rings. The summed E-state index contributed by atoms with van der Waals surface area (Å²) < 4.78 is 0. The first-order valence-electron chi connectivity index (χ1n) is 15.8. The highest BCUT2D eigenvalue weighted by molar-refractivity contribution is 5.68. The summed E-state index contributed by atoms with van der Waals surface area (Å²) in [6.07, 6.45) is 29.1. The van der Waals surface area contributed by atoms with Gasteiger partial charge in [-0.05, 0) is 51.7 Å². The maximum absolute atomic E-state index is 11.8. The maximum atomic E-state index is 11.8. The molecule has 0 heterocycles.